The van der Waals surface area contributed by atoms with Crippen LogP contribution in [0.25, 0.3) is 0 Å². The van der Waals surface area contributed by atoms with E-state index in [0.29, 0.717) is 12.6 Å². The molecule has 1 N–H and O–H groups in total. The lowest BCUT2D eigenvalue weighted by atomic mass is 10.2. The van der Waals surface area contributed by atoms with Gasteiger partial charge in [0.1, 0.15) is 0 Å². The Kier molecular flexibility index (Phi) is 3.83. The molecule has 0 spiro atoms. The summed E-state index contributed by atoms with van der Waals surface area (Å²) in [5.41, 5.74) is 0.833. The van der Waals surface area contributed by atoms with Gasteiger partial charge in [0, 0.05) is 12.1 Å². The van der Waals surface area contributed by atoms with Gasteiger partial charge in [-0.1, -0.05) is 6.92 Å². The van der Waals surface area contributed by atoms with Crippen molar-refractivity contribution in [3.05, 3.63) is 28.2 Å². The zero-order valence-electron chi connectivity index (χ0n) is 8.95. The minimum Gasteiger partial charge on any atom is -0.315 e. The SMILES string of the molecule is CCC(Cn1nc(C)ccc1=O)NC. The fourth-order valence-electron chi connectivity index (χ4n) is 1.32. The van der Waals surface area contributed by atoms with Crippen LogP contribution in [0.1, 0.15) is 19.0 Å². The maximum atomic E-state index is 11.4. The lowest BCUT2D eigenvalue weighted by Crippen LogP contribution is -2.35. The molecule has 0 amide bonds. The van der Waals surface area contributed by atoms with Crippen LogP contribution in [0.2, 0.25) is 0 Å². The van der Waals surface area contributed by atoms with E-state index in [1.165, 1.54) is 4.68 Å². The van der Waals surface area contributed by atoms with Crippen LogP contribution in [0.4, 0.5) is 0 Å². The molecule has 4 nitrogen and oxygen atoms in total. The molecule has 0 aromatic carbocycles. The predicted molar refractivity (Wildman–Crippen MR) is 56.4 cm³/mol. The first kappa shape index (κ1) is 10.9. The highest BCUT2D eigenvalue weighted by molar-refractivity contribution is 4.97. The third-order valence-electron chi connectivity index (χ3n) is 2.29. The second-order valence-corrected chi connectivity index (χ2v) is 3.39. The zero-order valence-corrected chi connectivity index (χ0v) is 8.95. The summed E-state index contributed by atoms with van der Waals surface area (Å²) in [6, 6.07) is 3.60. The first-order chi connectivity index (χ1) is 6.67. The van der Waals surface area contributed by atoms with Gasteiger partial charge in [-0.15, -0.1) is 0 Å². The summed E-state index contributed by atoms with van der Waals surface area (Å²) in [5.74, 6) is 0. The van der Waals surface area contributed by atoms with Gasteiger partial charge >= 0.3 is 0 Å². The fraction of sp³-hybridized carbons (Fsp3) is 0.600. The van der Waals surface area contributed by atoms with E-state index in [0.717, 1.165) is 12.1 Å². The van der Waals surface area contributed by atoms with Crippen molar-refractivity contribution in [1.82, 2.24) is 15.1 Å². The van der Waals surface area contributed by atoms with Gasteiger partial charge < -0.3 is 5.32 Å². The van der Waals surface area contributed by atoms with Crippen LogP contribution in [-0.2, 0) is 6.54 Å². The molecule has 1 heterocycles. The standard InChI is InChI=1S/C10H17N3O/c1-4-9(11-3)7-13-10(14)6-5-8(2)12-13/h5-6,9,11H,4,7H2,1-3H3. The van der Waals surface area contributed by atoms with Crippen molar-refractivity contribution >= 4 is 0 Å². The highest BCUT2D eigenvalue weighted by Gasteiger charge is 2.05. The number of likely N-dealkylation sites (N-methyl/N-ethyl adjacent to an activating group) is 1. The van der Waals surface area contributed by atoms with Crippen molar-refractivity contribution < 1.29 is 0 Å². The Hall–Kier alpha value is -1.16. The number of aromatic nitrogens is 2. The Balaban J connectivity index is 2.85. The van der Waals surface area contributed by atoms with Gasteiger partial charge in [-0.25, -0.2) is 4.68 Å². The lowest BCUT2D eigenvalue weighted by molar-refractivity contribution is 0.427. The van der Waals surface area contributed by atoms with E-state index >= 15 is 0 Å². The Morgan fingerprint density at radius 2 is 2.29 bits per heavy atom. The molecule has 1 unspecified atom stereocenters. The summed E-state index contributed by atoms with van der Waals surface area (Å²) in [5, 5.41) is 7.32. The number of nitrogens with one attached hydrogen (secondary N) is 1. The molecule has 0 aliphatic rings. The molecule has 1 rings (SSSR count). The number of aryl methyl sites for hydroxylation is 1. The summed E-state index contributed by atoms with van der Waals surface area (Å²) >= 11 is 0. The molecule has 1 atom stereocenters. The van der Waals surface area contributed by atoms with E-state index in [-0.39, 0.29) is 5.56 Å². The first-order valence-corrected chi connectivity index (χ1v) is 4.89. The normalized spacial score (nSPS) is 12.8. The van der Waals surface area contributed by atoms with Crippen molar-refractivity contribution in [3.8, 4) is 0 Å². The molecule has 0 bridgehead atoms. The van der Waals surface area contributed by atoms with Crippen LogP contribution in [0.15, 0.2) is 16.9 Å². The van der Waals surface area contributed by atoms with Gasteiger partial charge in [-0.05, 0) is 26.5 Å². The Labute approximate surface area is 84.0 Å². The van der Waals surface area contributed by atoms with Crippen molar-refractivity contribution in [1.29, 1.82) is 0 Å². The van der Waals surface area contributed by atoms with E-state index in [9.17, 15) is 4.79 Å². The van der Waals surface area contributed by atoms with Crippen molar-refractivity contribution in [2.24, 2.45) is 0 Å². The van der Waals surface area contributed by atoms with Gasteiger partial charge in [0.15, 0.2) is 0 Å². The molecule has 1 aromatic rings. The van der Waals surface area contributed by atoms with Gasteiger partial charge in [0.25, 0.3) is 5.56 Å². The van der Waals surface area contributed by atoms with E-state index < -0.39 is 0 Å². The van der Waals surface area contributed by atoms with Crippen molar-refractivity contribution in [3.63, 3.8) is 0 Å². The van der Waals surface area contributed by atoms with Gasteiger partial charge in [-0.2, -0.15) is 5.10 Å². The second-order valence-electron chi connectivity index (χ2n) is 3.39. The molecule has 0 aliphatic heterocycles. The van der Waals surface area contributed by atoms with E-state index in [1.54, 1.807) is 12.1 Å². The maximum Gasteiger partial charge on any atom is 0.266 e. The van der Waals surface area contributed by atoms with Crippen LogP contribution in [0.3, 0.4) is 0 Å². The first-order valence-electron chi connectivity index (χ1n) is 4.89. The molecule has 78 valence electrons. The Morgan fingerprint density at radius 1 is 1.57 bits per heavy atom. The van der Waals surface area contributed by atoms with E-state index in [1.807, 2.05) is 14.0 Å². The maximum absolute atomic E-state index is 11.4. The zero-order chi connectivity index (χ0) is 10.6. The number of nitrogens with zero attached hydrogens (tertiary/aromatic N) is 2. The second kappa shape index (κ2) is 4.91. The summed E-state index contributed by atoms with van der Waals surface area (Å²) in [6.07, 6.45) is 0.985. The monoisotopic (exact) mass is 195 g/mol. The molecular weight excluding hydrogens is 178 g/mol. The van der Waals surface area contributed by atoms with Crippen LogP contribution in [-0.4, -0.2) is 22.9 Å². The molecule has 1 aromatic heterocycles. The summed E-state index contributed by atoms with van der Waals surface area (Å²) in [6.45, 7) is 4.60. The summed E-state index contributed by atoms with van der Waals surface area (Å²) in [7, 11) is 1.90. The fourth-order valence-corrected chi connectivity index (χ4v) is 1.32. The minimum absolute atomic E-state index is 0.0377. The van der Waals surface area contributed by atoms with E-state index in [2.05, 4.69) is 17.3 Å². The molecule has 14 heavy (non-hydrogen) atoms. The Morgan fingerprint density at radius 3 is 2.86 bits per heavy atom. The van der Waals surface area contributed by atoms with Gasteiger partial charge in [-0.3, -0.25) is 4.79 Å². The molecule has 0 radical (unpaired) electrons. The van der Waals surface area contributed by atoms with Crippen LogP contribution >= 0.6 is 0 Å². The average molecular weight is 195 g/mol. The molecular formula is C10H17N3O. The van der Waals surface area contributed by atoms with Crippen LogP contribution in [0, 0.1) is 6.92 Å². The quantitative estimate of drug-likeness (QED) is 0.763. The predicted octanol–water partition coefficient (Wildman–Crippen LogP) is 0.550. The number of hydrogen-bond donors (Lipinski definition) is 1. The lowest BCUT2D eigenvalue weighted by Gasteiger charge is -2.14. The molecule has 0 saturated heterocycles. The van der Waals surface area contributed by atoms with Crippen LogP contribution in [0.5, 0.6) is 0 Å². The number of rotatable bonds is 4. The topological polar surface area (TPSA) is 46.9 Å². The Bertz CT molecular complexity index is 341. The molecule has 0 fully saturated rings. The molecule has 0 saturated carbocycles. The third-order valence-corrected chi connectivity index (χ3v) is 2.29. The smallest absolute Gasteiger partial charge is 0.266 e. The van der Waals surface area contributed by atoms with E-state index in [4.69, 9.17) is 0 Å². The summed E-state index contributed by atoms with van der Waals surface area (Å²) < 4.78 is 1.51. The van der Waals surface area contributed by atoms with Gasteiger partial charge in [0.05, 0.1) is 12.2 Å². The highest BCUT2D eigenvalue weighted by Crippen LogP contribution is 1.93. The van der Waals surface area contributed by atoms with Crippen molar-refractivity contribution in [2.75, 3.05) is 7.05 Å². The largest absolute Gasteiger partial charge is 0.315 e. The number of hydrogen-bond acceptors (Lipinski definition) is 3. The summed E-state index contributed by atoms with van der Waals surface area (Å²) in [4.78, 5) is 11.4. The molecule has 0 aliphatic carbocycles. The van der Waals surface area contributed by atoms with Crippen molar-refractivity contribution in [2.45, 2.75) is 32.9 Å². The van der Waals surface area contributed by atoms with Gasteiger partial charge in [0.2, 0.25) is 0 Å². The highest BCUT2D eigenvalue weighted by atomic mass is 16.1. The molecule has 4 heteroatoms. The third kappa shape index (κ3) is 2.67. The average Bonchev–Trinajstić information content (AvgIpc) is 2.19. The minimum atomic E-state index is -0.0377. The van der Waals surface area contributed by atoms with Crippen LogP contribution < -0.4 is 10.9 Å².